The van der Waals surface area contributed by atoms with E-state index >= 15 is 0 Å². The smallest absolute Gasteiger partial charge is 0.272 e. The number of nitro benzene ring substituents is 1. The Morgan fingerprint density at radius 3 is 2.38 bits per heavy atom. The Morgan fingerprint density at radius 1 is 1.00 bits per heavy atom. The minimum atomic E-state index is -0.448. The number of nitro groups is 1. The first kappa shape index (κ1) is 15.8. The Kier molecular flexibility index (Phi) is 4.35. The summed E-state index contributed by atoms with van der Waals surface area (Å²) in [6, 6.07) is 15.7. The van der Waals surface area contributed by atoms with Gasteiger partial charge in [0, 0.05) is 23.6 Å². The lowest BCUT2D eigenvalue weighted by Gasteiger charge is -2.09. The molecule has 7 heteroatoms. The van der Waals surface area contributed by atoms with Crippen LogP contribution in [0, 0.1) is 14.9 Å². The van der Waals surface area contributed by atoms with Crippen molar-refractivity contribution in [2.24, 2.45) is 0 Å². The summed E-state index contributed by atoms with van der Waals surface area (Å²) in [7, 11) is 0. The van der Waals surface area contributed by atoms with Gasteiger partial charge >= 0.3 is 0 Å². The van der Waals surface area contributed by atoms with Gasteiger partial charge in [0.1, 0.15) is 0 Å². The molecule has 0 amide bonds. The van der Waals surface area contributed by atoms with E-state index in [0.717, 1.165) is 5.56 Å². The second kappa shape index (κ2) is 6.59. The molecular formula is C17H13N3O3S. The molecule has 6 nitrogen and oxygen atoms in total. The molecule has 120 valence electrons. The Morgan fingerprint density at radius 2 is 1.67 bits per heavy atom. The van der Waals surface area contributed by atoms with Crippen LogP contribution in [0.4, 0.5) is 5.69 Å². The van der Waals surface area contributed by atoms with Crippen molar-refractivity contribution >= 4 is 17.9 Å². The zero-order valence-corrected chi connectivity index (χ0v) is 13.3. The first-order chi connectivity index (χ1) is 11.6. The molecule has 1 heterocycles. The zero-order valence-electron chi connectivity index (χ0n) is 12.5. The van der Waals surface area contributed by atoms with Gasteiger partial charge in [0.15, 0.2) is 4.77 Å². The van der Waals surface area contributed by atoms with E-state index in [0.29, 0.717) is 16.8 Å². The number of benzene rings is 2. The van der Waals surface area contributed by atoms with Crippen LogP contribution in [0.25, 0.3) is 11.3 Å². The monoisotopic (exact) mass is 339 g/mol. The zero-order chi connectivity index (χ0) is 17.1. The lowest BCUT2D eigenvalue weighted by Crippen LogP contribution is -2.17. The summed E-state index contributed by atoms with van der Waals surface area (Å²) in [4.78, 5) is 28.7. The molecule has 24 heavy (non-hydrogen) atoms. The molecule has 0 bridgehead atoms. The van der Waals surface area contributed by atoms with Crippen molar-refractivity contribution in [3.05, 3.63) is 91.0 Å². The molecule has 2 aromatic carbocycles. The Balaban J connectivity index is 2.18. The topological polar surface area (TPSA) is 91.8 Å². The van der Waals surface area contributed by atoms with Gasteiger partial charge in [-0.25, -0.2) is 0 Å². The molecule has 1 aromatic heterocycles. The molecule has 0 aliphatic carbocycles. The fourth-order valence-electron chi connectivity index (χ4n) is 2.56. The molecule has 0 atom stereocenters. The van der Waals surface area contributed by atoms with Gasteiger partial charge in [0.25, 0.3) is 11.2 Å². The normalized spacial score (nSPS) is 10.5. The van der Waals surface area contributed by atoms with E-state index in [1.54, 1.807) is 18.2 Å². The Bertz CT molecular complexity index is 1010. The SMILES string of the molecule is O=c1[nH]c(=S)[nH]c(-c2ccccc2)c1Cc1ccccc1[N+](=O)[O-]. The van der Waals surface area contributed by atoms with E-state index in [1.165, 1.54) is 6.07 Å². The lowest BCUT2D eigenvalue weighted by atomic mass is 9.99. The van der Waals surface area contributed by atoms with Crippen LogP contribution in [0.15, 0.2) is 59.4 Å². The second-order valence-electron chi connectivity index (χ2n) is 5.19. The number of aromatic nitrogens is 2. The minimum Gasteiger partial charge on any atom is -0.331 e. The molecule has 0 saturated heterocycles. The standard InChI is InChI=1S/C17H13N3O3S/c21-16-13(10-12-8-4-5-9-14(12)20(22)23)15(18-17(24)19-16)11-6-2-1-3-7-11/h1-9H,10H2,(H2,18,19,21,24). The van der Waals surface area contributed by atoms with Crippen molar-refractivity contribution in [2.75, 3.05) is 0 Å². The Hall–Kier alpha value is -3.06. The Labute approximate surface area is 142 Å². The highest BCUT2D eigenvalue weighted by Crippen LogP contribution is 2.25. The molecule has 0 fully saturated rings. The van der Waals surface area contributed by atoms with Gasteiger partial charge in [-0.05, 0) is 17.8 Å². The number of hydrogen-bond acceptors (Lipinski definition) is 4. The van der Waals surface area contributed by atoms with Crippen molar-refractivity contribution in [1.29, 1.82) is 0 Å². The van der Waals surface area contributed by atoms with Gasteiger partial charge in [-0.2, -0.15) is 0 Å². The summed E-state index contributed by atoms with van der Waals surface area (Å²) in [5.41, 5.74) is 1.87. The summed E-state index contributed by atoms with van der Waals surface area (Å²) in [6.07, 6.45) is 0.128. The molecule has 2 N–H and O–H groups in total. The van der Waals surface area contributed by atoms with Gasteiger partial charge in [-0.3, -0.25) is 19.9 Å². The quantitative estimate of drug-likeness (QED) is 0.431. The van der Waals surface area contributed by atoms with Crippen LogP contribution >= 0.6 is 12.2 Å². The van der Waals surface area contributed by atoms with Gasteiger partial charge in [0.2, 0.25) is 0 Å². The molecule has 0 aliphatic rings. The fourth-order valence-corrected chi connectivity index (χ4v) is 2.76. The van der Waals surface area contributed by atoms with Crippen molar-refractivity contribution in [2.45, 2.75) is 6.42 Å². The fraction of sp³-hybridized carbons (Fsp3) is 0.0588. The third-order valence-corrected chi connectivity index (χ3v) is 3.86. The van der Waals surface area contributed by atoms with Crippen molar-refractivity contribution in [3.63, 3.8) is 0 Å². The predicted molar refractivity (Wildman–Crippen MR) is 93.6 cm³/mol. The van der Waals surface area contributed by atoms with E-state index < -0.39 is 4.92 Å². The summed E-state index contributed by atoms with van der Waals surface area (Å²) >= 11 is 5.06. The maximum atomic E-state index is 12.4. The van der Waals surface area contributed by atoms with Crippen molar-refractivity contribution in [1.82, 2.24) is 9.97 Å². The van der Waals surface area contributed by atoms with Crippen LogP contribution in [0.2, 0.25) is 0 Å². The average Bonchev–Trinajstić information content (AvgIpc) is 2.58. The number of H-pyrrole nitrogens is 2. The third kappa shape index (κ3) is 3.16. The molecule has 3 rings (SSSR count). The molecular weight excluding hydrogens is 326 g/mol. The largest absolute Gasteiger partial charge is 0.331 e. The van der Waals surface area contributed by atoms with Crippen LogP contribution in [-0.4, -0.2) is 14.9 Å². The predicted octanol–water partition coefficient (Wildman–Crippen LogP) is 3.60. The summed E-state index contributed by atoms with van der Waals surface area (Å²) in [5.74, 6) is 0. The summed E-state index contributed by atoms with van der Waals surface area (Å²) in [6.45, 7) is 0. The van der Waals surface area contributed by atoms with Gasteiger partial charge in [-0.15, -0.1) is 0 Å². The van der Waals surface area contributed by atoms with Crippen LogP contribution < -0.4 is 5.56 Å². The van der Waals surface area contributed by atoms with E-state index in [2.05, 4.69) is 9.97 Å². The van der Waals surface area contributed by atoms with Crippen molar-refractivity contribution < 1.29 is 4.92 Å². The first-order valence-electron chi connectivity index (χ1n) is 7.19. The second-order valence-corrected chi connectivity index (χ2v) is 5.60. The van der Waals surface area contributed by atoms with E-state index in [1.807, 2.05) is 30.3 Å². The molecule has 0 aliphatic heterocycles. The van der Waals surface area contributed by atoms with Gasteiger partial charge < -0.3 is 4.98 Å². The van der Waals surface area contributed by atoms with Crippen LogP contribution in [0.5, 0.6) is 0 Å². The number of para-hydroxylation sites is 1. The maximum absolute atomic E-state index is 12.4. The van der Waals surface area contributed by atoms with Crippen LogP contribution in [0.1, 0.15) is 11.1 Å². The lowest BCUT2D eigenvalue weighted by molar-refractivity contribution is -0.385. The minimum absolute atomic E-state index is 0.0154. The van der Waals surface area contributed by atoms with Crippen LogP contribution in [0.3, 0.4) is 0 Å². The molecule has 0 spiro atoms. The van der Waals surface area contributed by atoms with Crippen molar-refractivity contribution in [3.8, 4) is 11.3 Å². The molecule has 0 radical (unpaired) electrons. The number of nitrogens with one attached hydrogen (secondary N) is 2. The average molecular weight is 339 g/mol. The molecule has 0 unspecified atom stereocenters. The number of nitrogens with zero attached hydrogens (tertiary/aromatic N) is 1. The van der Waals surface area contributed by atoms with E-state index in [4.69, 9.17) is 12.2 Å². The van der Waals surface area contributed by atoms with E-state index in [9.17, 15) is 14.9 Å². The highest BCUT2D eigenvalue weighted by atomic mass is 32.1. The number of hydrogen-bond donors (Lipinski definition) is 2. The third-order valence-electron chi connectivity index (χ3n) is 3.66. The van der Waals surface area contributed by atoms with Crippen LogP contribution in [-0.2, 0) is 6.42 Å². The molecule has 3 aromatic rings. The molecule has 0 saturated carbocycles. The van der Waals surface area contributed by atoms with Gasteiger partial charge in [-0.1, -0.05) is 48.5 Å². The number of rotatable bonds is 4. The highest BCUT2D eigenvalue weighted by Gasteiger charge is 2.17. The van der Waals surface area contributed by atoms with E-state index in [-0.39, 0.29) is 22.4 Å². The first-order valence-corrected chi connectivity index (χ1v) is 7.60. The maximum Gasteiger partial charge on any atom is 0.272 e. The summed E-state index contributed by atoms with van der Waals surface area (Å²) < 4.78 is 0.213. The van der Waals surface area contributed by atoms with Gasteiger partial charge in [0.05, 0.1) is 10.6 Å². The summed E-state index contributed by atoms with van der Waals surface area (Å²) in [5, 5.41) is 11.2. The highest BCUT2D eigenvalue weighted by molar-refractivity contribution is 7.71. The number of aromatic amines is 2.